The maximum absolute atomic E-state index is 12.4. The van der Waals surface area contributed by atoms with Gasteiger partial charge in [-0.05, 0) is 6.54 Å². The molecule has 0 saturated heterocycles. The van der Waals surface area contributed by atoms with Gasteiger partial charge in [0.1, 0.15) is 0 Å². The van der Waals surface area contributed by atoms with Gasteiger partial charge in [0, 0.05) is 30.2 Å². The van der Waals surface area contributed by atoms with Crippen molar-refractivity contribution in [3.8, 4) is 0 Å². The minimum absolute atomic E-state index is 0.293. The molecule has 0 saturated carbocycles. The Balaban J connectivity index is 2.06. The lowest BCUT2D eigenvalue weighted by atomic mass is 10.1. The summed E-state index contributed by atoms with van der Waals surface area (Å²) in [6, 6.07) is -0.611. The van der Waals surface area contributed by atoms with Crippen LogP contribution in [0.4, 0.5) is 13.2 Å². The number of alkyl halides is 3. The molecule has 2 aromatic heterocycles. The smallest absolute Gasteiger partial charge is 0.314 e. The summed E-state index contributed by atoms with van der Waals surface area (Å²) < 4.78 is 39.1. The van der Waals surface area contributed by atoms with Gasteiger partial charge in [-0.1, -0.05) is 6.92 Å². The van der Waals surface area contributed by atoms with E-state index in [2.05, 4.69) is 10.3 Å². The lowest BCUT2D eigenvalue weighted by Gasteiger charge is -2.18. The molecule has 0 bridgehead atoms. The van der Waals surface area contributed by atoms with Crippen molar-refractivity contribution in [1.82, 2.24) is 14.7 Å². The van der Waals surface area contributed by atoms with Crippen LogP contribution in [0.5, 0.6) is 0 Å². The number of halogens is 3. The number of aromatic nitrogens is 2. The van der Waals surface area contributed by atoms with Crippen LogP contribution in [-0.4, -0.2) is 28.1 Å². The van der Waals surface area contributed by atoms with Crippen LogP contribution in [0.3, 0.4) is 0 Å². The molecular weight excluding hydrogens is 263 g/mol. The molecule has 0 aliphatic rings. The number of thiazole rings is 1. The Hall–Kier alpha value is -1.08. The average Bonchev–Trinajstić information content (AvgIpc) is 2.75. The highest BCUT2D eigenvalue weighted by Gasteiger charge is 2.31. The zero-order valence-electron chi connectivity index (χ0n) is 9.87. The summed E-state index contributed by atoms with van der Waals surface area (Å²) in [5.41, 5.74) is 0.692. The molecule has 0 aliphatic heterocycles. The highest BCUT2D eigenvalue weighted by molar-refractivity contribution is 7.15. The first-order valence-corrected chi connectivity index (χ1v) is 6.57. The fourth-order valence-electron chi connectivity index (χ4n) is 1.91. The van der Waals surface area contributed by atoms with Crippen LogP contribution < -0.4 is 5.32 Å². The fourth-order valence-corrected chi connectivity index (χ4v) is 2.63. The quantitative estimate of drug-likeness (QED) is 0.910. The minimum Gasteiger partial charge on any atom is -0.314 e. The molecule has 2 aromatic rings. The standard InChI is InChI=1S/C11H14F3N3S/c1-2-15-8(6-11(12,13)14)5-9-7-17-3-4-18-10(17)16-9/h3-4,7-8,15H,2,5-6H2,1H3. The monoisotopic (exact) mass is 277 g/mol. The Kier molecular flexibility index (Phi) is 3.91. The summed E-state index contributed by atoms with van der Waals surface area (Å²) in [5, 5.41) is 4.75. The predicted octanol–water partition coefficient (Wildman–Crippen LogP) is 2.87. The van der Waals surface area contributed by atoms with Crippen molar-refractivity contribution in [2.45, 2.75) is 32.0 Å². The minimum atomic E-state index is -4.15. The van der Waals surface area contributed by atoms with Gasteiger partial charge in [0.2, 0.25) is 0 Å². The number of hydrogen-bond acceptors (Lipinski definition) is 3. The van der Waals surface area contributed by atoms with E-state index in [0.29, 0.717) is 18.7 Å². The first kappa shape index (κ1) is 13.4. The third-order valence-electron chi connectivity index (χ3n) is 2.57. The van der Waals surface area contributed by atoms with Crippen LogP contribution in [-0.2, 0) is 6.42 Å². The van der Waals surface area contributed by atoms with Crippen LogP contribution in [0.2, 0.25) is 0 Å². The maximum atomic E-state index is 12.4. The van der Waals surface area contributed by atoms with E-state index in [-0.39, 0.29) is 0 Å². The number of likely N-dealkylation sites (N-methyl/N-ethyl adjacent to an activating group) is 1. The molecule has 3 nitrogen and oxygen atoms in total. The third kappa shape index (κ3) is 3.46. The Bertz CT molecular complexity index is 474. The van der Waals surface area contributed by atoms with Gasteiger partial charge in [-0.3, -0.25) is 4.40 Å². The van der Waals surface area contributed by atoms with Gasteiger partial charge >= 0.3 is 6.18 Å². The highest BCUT2D eigenvalue weighted by Crippen LogP contribution is 2.23. The molecule has 0 amide bonds. The van der Waals surface area contributed by atoms with Crippen LogP contribution >= 0.6 is 11.3 Å². The number of nitrogens with zero attached hydrogens (tertiary/aromatic N) is 2. The molecule has 0 spiro atoms. The summed E-state index contributed by atoms with van der Waals surface area (Å²) in [7, 11) is 0. The zero-order valence-corrected chi connectivity index (χ0v) is 10.7. The van der Waals surface area contributed by atoms with Crippen molar-refractivity contribution in [3.05, 3.63) is 23.5 Å². The Morgan fingerprint density at radius 1 is 1.50 bits per heavy atom. The second-order valence-electron chi connectivity index (χ2n) is 4.10. The van der Waals surface area contributed by atoms with Gasteiger partial charge in [0.05, 0.1) is 12.1 Å². The second-order valence-corrected chi connectivity index (χ2v) is 4.98. The van der Waals surface area contributed by atoms with Crippen molar-refractivity contribution in [2.24, 2.45) is 0 Å². The predicted molar refractivity (Wildman–Crippen MR) is 64.9 cm³/mol. The van der Waals surface area contributed by atoms with E-state index in [1.807, 2.05) is 16.0 Å². The topological polar surface area (TPSA) is 29.3 Å². The van der Waals surface area contributed by atoms with E-state index in [0.717, 1.165) is 4.96 Å². The second kappa shape index (κ2) is 5.27. The Morgan fingerprint density at radius 2 is 2.28 bits per heavy atom. The first-order chi connectivity index (χ1) is 8.48. The van der Waals surface area contributed by atoms with Gasteiger partial charge in [-0.15, -0.1) is 11.3 Å². The molecule has 1 atom stereocenters. The van der Waals surface area contributed by atoms with E-state index in [1.54, 1.807) is 13.1 Å². The van der Waals surface area contributed by atoms with Gasteiger partial charge in [0.25, 0.3) is 0 Å². The van der Waals surface area contributed by atoms with Crippen LogP contribution in [0.15, 0.2) is 17.8 Å². The maximum Gasteiger partial charge on any atom is 0.390 e. The van der Waals surface area contributed by atoms with Crippen molar-refractivity contribution < 1.29 is 13.2 Å². The summed E-state index contributed by atoms with van der Waals surface area (Å²) >= 11 is 1.47. The van der Waals surface area contributed by atoms with E-state index in [1.165, 1.54) is 11.3 Å². The van der Waals surface area contributed by atoms with Gasteiger partial charge in [0.15, 0.2) is 4.96 Å². The summed E-state index contributed by atoms with van der Waals surface area (Å²) in [6.45, 7) is 2.32. The molecule has 100 valence electrons. The van der Waals surface area contributed by atoms with Crippen LogP contribution in [0, 0.1) is 0 Å². The Morgan fingerprint density at radius 3 is 2.89 bits per heavy atom. The van der Waals surface area contributed by atoms with Crippen LogP contribution in [0.25, 0.3) is 4.96 Å². The number of nitrogens with one attached hydrogen (secondary N) is 1. The molecule has 2 heterocycles. The molecule has 1 N–H and O–H groups in total. The molecule has 1 unspecified atom stereocenters. The number of imidazole rings is 1. The lowest BCUT2D eigenvalue weighted by molar-refractivity contribution is -0.139. The molecule has 0 aromatic carbocycles. The Labute approximate surface area is 107 Å². The first-order valence-electron chi connectivity index (χ1n) is 5.69. The van der Waals surface area contributed by atoms with E-state index < -0.39 is 18.6 Å². The van der Waals surface area contributed by atoms with Gasteiger partial charge < -0.3 is 5.32 Å². The number of fused-ring (bicyclic) bond motifs is 1. The van der Waals surface area contributed by atoms with Crippen LogP contribution in [0.1, 0.15) is 19.0 Å². The summed E-state index contributed by atoms with van der Waals surface area (Å²) in [4.78, 5) is 5.11. The average molecular weight is 277 g/mol. The van der Waals surface area contributed by atoms with E-state index in [9.17, 15) is 13.2 Å². The summed E-state index contributed by atoms with van der Waals surface area (Å²) in [5.74, 6) is 0. The molecule has 18 heavy (non-hydrogen) atoms. The summed E-state index contributed by atoms with van der Waals surface area (Å²) in [6.07, 6.45) is -1.05. The zero-order chi connectivity index (χ0) is 13.2. The largest absolute Gasteiger partial charge is 0.390 e. The van der Waals surface area contributed by atoms with Gasteiger partial charge in [-0.2, -0.15) is 13.2 Å². The van der Waals surface area contributed by atoms with Crippen molar-refractivity contribution in [3.63, 3.8) is 0 Å². The molecule has 7 heteroatoms. The molecule has 2 rings (SSSR count). The number of rotatable bonds is 5. The van der Waals surface area contributed by atoms with Gasteiger partial charge in [-0.25, -0.2) is 4.98 Å². The molecular formula is C11H14F3N3S. The molecule has 0 fully saturated rings. The fraction of sp³-hybridized carbons (Fsp3) is 0.545. The third-order valence-corrected chi connectivity index (χ3v) is 3.34. The lowest BCUT2D eigenvalue weighted by Crippen LogP contribution is -2.35. The molecule has 0 radical (unpaired) electrons. The highest BCUT2D eigenvalue weighted by atomic mass is 32.1. The molecule has 0 aliphatic carbocycles. The van der Waals surface area contributed by atoms with E-state index in [4.69, 9.17) is 0 Å². The van der Waals surface area contributed by atoms with Crippen molar-refractivity contribution >= 4 is 16.3 Å². The number of hydrogen-bond donors (Lipinski definition) is 1. The van der Waals surface area contributed by atoms with Crippen molar-refractivity contribution in [2.75, 3.05) is 6.54 Å². The van der Waals surface area contributed by atoms with Crippen molar-refractivity contribution in [1.29, 1.82) is 0 Å². The normalized spacial score (nSPS) is 14.2. The van der Waals surface area contributed by atoms with E-state index >= 15 is 0 Å². The SMILES string of the molecule is CCNC(Cc1cn2ccsc2n1)CC(F)(F)F.